The molecule has 33 heavy (non-hydrogen) atoms. The maximum Gasteiger partial charge on any atom is 0.294 e. The number of aromatic nitrogens is 1. The van der Waals surface area contributed by atoms with Crippen molar-refractivity contribution in [2.24, 2.45) is 0 Å². The number of hydrogen-bond acceptors (Lipinski definition) is 4. The molecule has 0 aliphatic carbocycles. The van der Waals surface area contributed by atoms with E-state index in [1.807, 2.05) is 73.7 Å². The van der Waals surface area contributed by atoms with Gasteiger partial charge in [0, 0.05) is 23.8 Å². The van der Waals surface area contributed by atoms with Gasteiger partial charge in [-0.15, -0.1) is 0 Å². The largest absolute Gasteiger partial charge is 0.493 e. The smallest absolute Gasteiger partial charge is 0.294 e. The van der Waals surface area contributed by atoms with E-state index in [2.05, 4.69) is 5.32 Å². The lowest BCUT2D eigenvalue weighted by atomic mass is 10.0. The Kier molecular flexibility index (Phi) is 6.45. The van der Waals surface area contributed by atoms with Crippen molar-refractivity contribution in [2.75, 3.05) is 20.8 Å². The van der Waals surface area contributed by atoms with Gasteiger partial charge >= 0.3 is 0 Å². The van der Waals surface area contributed by atoms with Crippen LogP contribution < -0.4 is 14.8 Å². The van der Waals surface area contributed by atoms with E-state index in [1.54, 1.807) is 24.8 Å². The number of carbonyl (C=O) groups excluding carboxylic acids is 2. The third-order valence-electron chi connectivity index (χ3n) is 5.61. The summed E-state index contributed by atoms with van der Waals surface area (Å²) in [5, 5.41) is 2.76. The van der Waals surface area contributed by atoms with Gasteiger partial charge in [0.05, 0.1) is 14.2 Å². The molecule has 0 aliphatic heterocycles. The number of aryl methyl sites for hydroxylation is 1. The predicted molar refractivity (Wildman–Crippen MR) is 128 cm³/mol. The highest BCUT2D eigenvalue weighted by Crippen LogP contribution is 2.29. The van der Waals surface area contributed by atoms with Crippen molar-refractivity contribution in [2.45, 2.75) is 13.3 Å². The maximum absolute atomic E-state index is 13.2. The molecular weight excluding hydrogens is 416 g/mol. The quantitative estimate of drug-likeness (QED) is 0.323. The van der Waals surface area contributed by atoms with Gasteiger partial charge in [0.15, 0.2) is 11.5 Å². The van der Waals surface area contributed by atoms with Crippen molar-refractivity contribution >= 4 is 17.2 Å². The second-order valence-electron chi connectivity index (χ2n) is 7.79. The molecule has 2 heterocycles. The average Bonchev–Trinajstić information content (AvgIpc) is 3.23. The lowest BCUT2D eigenvalue weighted by Gasteiger charge is -2.10. The second-order valence-corrected chi connectivity index (χ2v) is 7.79. The highest BCUT2D eigenvalue weighted by molar-refractivity contribution is 6.43. The van der Waals surface area contributed by atoms with Crippen LogP contribution in [-0.4, -0.2) is 36.9 Å². The van der Waals surface area contributed by atoms with Crippen LogP contribution in [0.15, 0.2) is 72.9 Å². The molecule has 4 aromatic rings. The number of nitrogens with zero attached hydrogens (tertiary/aromatic N) is 1. The van der Waals surface area contributed by atoms with E-state index in [4.69, 9.17) is 9.47 Å². The number of fused-ring (bicyclic) bond motifs is 1. The van der Waals surface area contributed by atoms with Crippen LogP contribution in [0.4, 0.5) is 0 Å². The third-order valence-corrected chi connectivity index (χ3v) is 5.61. The molecular formula is C27H26N2O4. The molecule has 2 aromatic heterocycles. The molecule has 0 saturated carbocycles. The number of Topliss-reactive ketones (excluding diaryl/α,β-unsaturated/α-hetero) is 1. The normalized spacial score (nSPS) is 10.8. The van der Waals surface area contributed by atoms with E-state index in [-0.39, 0.29) is 0 Å². The standard InChI is InChI=1S/C27H26N2O4/c1-18-7-10-20(11-8-18)22-17-21-6-4-5-15-29(21)25(22)26(30)27(31)28-14-13-19-9-12-23(32-2)24(16-19)33-3/h4-12,15-17H,13-14H2,1-3H3,(H,28,31). The number of methoxy groups -OCH3 is 2. The Labute approximate surface area is 192 Å². The minimum Gasteiger partial charge on any atom is -0.493 e. The number of nitrogens with one attached hydrogen (secondary N) is 1. The van der Waals surface area contributed by atoms with Gasteiger partial charge in [-0.1, -0.05) is 42.0 Å². The zero-order chi connectivity index (χ0) is 23.4. The van der Waals surface area contributed by atoms with Crippen LogP contribution in [0.1, 0.15) is 21.6 Å². The van der Waals surface area contributed by atoms with Gasteiger partial charge in [-0.25, -0.2) is 0 Å². The zero-order valence-electron chi connectivity index (χ0n) is 18.9. The Hall–Kier alpha value is -4.06. The molecule has 2 aromatic carbocycles. The summed E-state index contributed by atoms with van der Waals surface area (Å²) in [7, 11) is 3.16. The van der Waals surface area contributed by atoms with Gasteiger partial charge < -0.3 is 19.2 Å². The first kappa shape index (κ1) is 22.1. The number of ether oxygens (including phenoxy) is 2. The van der Waals surface area contributed by atoms with Gasteiger partial charge in [-0.05, 0) is 54.8 Å². The van der Waals surface area contributed by atoms with Crippen molar-refractivity contribution in [3.05, 3.63) is 89.7 Å². The Morgan fingerprint density at radius 1 is 0.909 bits per heavy atom. The molecule has 0 fully saturated rings. The van der Waals surface area contributed by atoms with Crippen molar-refractivity contribution in [1.29, 1.82) is 0 Å². The minimum absolute atomic E-state index is 0.323. The molecule has 0 bridgehead atoms. The predicted octanol–water partition coefficient (Wildman–Crippen LogP) is 4.47. The summed E-state index contributed by atoms with van der Waals surface area (Å²) in [4.78, 5) is 26.1. The Morgan fingerprint density at radius 3 is 2.39 bits per heavy atom. The van der Waals surface area contributed by atoms with Gasteiger partial charge in [0.1, 0.15) is 5.69 Å². The molecule has 1 amide bonds. The van der Waals surface area contributed by atoms with Crippen LogP contribution in [-0.2, 0) is 11.2 Å². The Balaban J connectivity index is 1.54. The van der Waals surface area contributed by atoms with Crippen LogP contribution in [0, 0.1) is 6.92 Å². The van der Waals surface area contributed by atoms with Crippen LogP contribution >= 0.6 is 0 Å². The van der Waals surface area contributed by atoms with Crippen molar-refractivity contribution < 1.29 is 19.1 Å². The van der Waals surface area contributed by atoms with Crippen LogP contribution in [0.5, 0.6) is 11.5 Å². The molecule has 0 spiro atoms. The lowest BCUT2D eigenvalue weighted by Crippen LogP contribution is -2.33. The number of rotatable bonds is 8. The lowest BCUT2D eigenvalue weighted by molar-refractivity contribution is -0.117. The SMILES string of the molecule is COc1ccc(CCNC(=O)C(=O)c2c(-c3ccc(C)cc3)cc3ccccn23)cc1OC. The van der Waals surface area contributed by atoms with Crippen molar-refractivity contribution in [1.82, 2.24) is 9.72 Å². The molecule has 168 valence electrons. The molecule has 0 unspecified atom stereocenters. The Bertz CT molecular complexity index is 1310. The maximum atomic E-state index is 13.2. The van der Waals surface area contributed by atoms with E-state index >= 15 is 0 Å². The number of ketones is 1. The fourth-order valence-electron chi connectivity index (χ4n) is 3.85. The zero-order valence-corrected chi connectivity index (χ0v) is 18.9. The molecule has 1 N–H and O–H groups in total. The highest BCUT2D eigenvalue weighted by Gasteiger charge is 2.24. The molecule has 6 nitrogen and oxygen atoms in total. The molecule has 0 radical (unpaired) electrons. The van der Waals surface area contributed by atoms with Gasteiger partial charge in [-0.3, -0.25) is 9.59 Å². The molecule has 4 rings (SSSR count). The van der Waals surface area contributed by atoms with Crippen LogP contribution in [0.25, 0.3) is 16.6 Å². The number of benzene rings is 2. The van der Waals surface area contributed by atoms with Gasteiger partial charge in [0.2, 0.25) is 0 Å². The summed E-state index contributed by atoms with van der Waals surface area (Å²) in [5.41, 5.74) is 4.94. The highest BCUT2D eigenvalue weighted by atomic mass is 16.5. The number of carbonyl (C=O) groups is 2. The fourth-order valence-corrected chi connectivity index (χ4v) is 3.85. The molecule has 0 saturated heterocycles. The summed E-state index contributed by atoms with van der Waals surface area (Å²) in [6.45, 7) is 2.33. The second kappa shape index (κ2) is 9.61. The third kappa shape index (κ3) is 4.60. The molecule has 0 atom stereocenters. The minimum atomic E-state index is -0.632. The number of pyridine rings is 1. The first-order valence-corrected chi connectivity index (χ1v) is 10.7. The van der Waals surface area contributed by atoms with Crippen molar-refractivity contribution in [3.63, 3.8) is 0 Å². The summed E-state index contributed by atoms with van der Waals surface area (Å²) < 4.78 is 12.3. The van der Waals surface area contributed by atoms with Crippen molar-refractivity contribution in [3.8, 4) is 22.6 Å². The summed E-state index contributed by atoms with van der Waals surface area (Å²) in [6.07, 6.45) is 2.36. The monoisotopic (exact) mass is 442 g/mol. The average molecular weight is 443 g/mol. The first-order chi connectivity index (χ1) is 16.0. The summed E-state index contributed by atoms with van der Waals surface area (Å²) >= 11 is 0. The molecule has 6 heteroatoms. The molecule has 0 aliphatic rings. The summed E-state index contributed by atoms with van der Waals surface area (Å²) in [5.74, 6) is 0.0702. The van der Waals surface area contributed by atoms with E-state index in [0.717, 1.165) is 27.8 Å². The number of amides is 1. The fraction of sp³-hybridized carbons (Fsp3) is 0.185. The first-order valence-electron chi connectivity index (χ1n) is 10.7. The van der Waals surface area contributed by atoms with E-state index in [9.17, 15) is 9.59 Å². The van der Waals surface area contributed by atoms with E-state index < -0.39 is 11.7 Å². The van der Waals surface area contributed by atoms with Crippen LogP contribution in [0.3, 0.4) is 0 Å². The Morgan fingerprint density at radius 2 is 1.67 bits per heavy atom. The van der Waals surface area contributed by atoms with Crippen LogP contribution in [0.2, 0.25) is 0 Å². The van der Waals surface area contributed by atoms with E-state index in [1.165, 1.54) is 0 Å². The van der Waals surface area contributed by atoms with Gasteiger partial charge in [-0.2, -0.15) is 0 Å². The van der Waals surface area contributed by atoms with Gasteiger partial charge in [0.25, 0.3) is 11.7 Å². The topological polar surface area (TPSA) is 69.0 Å². The van der Waals surface area contributed by atoms with E-state index in [0.29, 0.717) is 30.2 Å². The summed E-state index contributed by atoms with van der Waals surface area (Å²) in [6, 6.07) is 21.1. The number of hydrogen-bond donors (Lipinski definition) is 1.